The zero-order valence-electron chi connectivity index (χ0n) is 11.5. The standard InChI is InChI=1S/C14H17N5O2/c20-12-7-10(13(12)19-6-2-4-15-19)17-14(21)9-8-16-18-5-1-3-11(9)18/h2,4,6,8,10,12-13,20H,1,3,5,7H2,(H,17,21)/t10-,12+,13+/m0/s1. The van der Waals surface area contributed by atoms with Gasteiger partial charge in [-0.3, -0.25) is 14.2 Å². The lowest BCUT2D eigenvalue weighted by Gasteiger charge is -2.41. The third kappa shape index (κ3) is 1.96. The number of aromatic nitrogens is 4. The molecule has 2 aromatic rings. The number of hydrogen-bond donors (Lipinski definition) is 2. The minimum Gasteiger partial charge on any atom is -0.391 e. The summed E-state index contributed by atoms with van der Waals surface area (Å²) >= 11 is 0. The summed E-state index contributed by atoms with van der Waals surface area (Å²) in [6.45, 7) is 0.890. The van der Waals surface area contributed by atoms with E-state index in [1.807, 2.05) is 16.9 Å². The molecule has 2 aliphatic rings. The minimum absolute atomic E-state index is 0.0932. The molecule has 0 saturated heterocycles. The number of nitrogens with one attached hydrogen (secondary N) is 1. The van der Waals surface area contributed by atoms with Crippen molar-refractivity contribution in [1.29, 1.82) is 0 Å². The Morgan fingerprint density at radius 1 is 1.43 bits per heavy atom. The van der Waals surface area contributed by atoms with E-state index in [0.29, 0.717) is 12.0 Å². The second-order valence-corrected chi connectivity index (χ2v) is 5.69. The third-order valence-electron chi connectivity index (χ3n) is 4.43. The van der Waals surface area contributed by atoms with Gasteiger partial charge in [-0.25, -0.2) is 0 Å². The summed E-state index contributed by atoms with van der Waals surface area (Å²) < 4.78 is 3.61. The van der Waals surface area contributed by atoms with Gasteiger partial charge < -0.3 is 10.4 Å². The minimum atomic E-state index is -0.465. The van der Waals surface area contributed by atoms with Crippen LogP contribution in [0.4, 0.5) is 0 Å². The SMILES string of the molecule is O=C(N[C@H]1C[C@@H](O)[C@@H]1n1cccn1)c1cnn2c1CCC2. The van der Waals surface area contributed by atoms with E-state index in [-0.39, 0.29) is 18.0 Å². The molecule has 7 nitrogen and oxygen atoms in total. The topological polar surface area (TPSA) is 85.0 Å². The number of amides is 1. The van der Waals surface area contributed by atoms with Gasteiger partial charge in [0.05, 0.1) is 35.6 Å². The molecule has 110 valence electrons. The first kappa shape index (κ1) is 12.6. The zero-order valence-corrected chi connectivity index (χ0v) is 11.5. The van der Waals surface area contributed by atoms with Gasteiger partial charge in [-0.2, -0.15) is 10.2 Å². The summed E-state index contributed by atoms with van der Waals surface area (Å²) in [5.41, 5.74) is 1.68. The molecule has 0 spiro atoms. The van der Waals surface area contributed by atoms with Crippen molar-refractivity contribution in [3.05, 3.63) is 35.9 Å². The molecule has 2 N–H and O–H groups in total. The number of carbonyl (C=O) groups is 1. The lowest BCUT2D eigenvalue weighted by atomic mass is 9.83. The zero-order chi connectivity index (χ0) is 14.4. The molecule has 1 aliphatic carbocycles. The van der Waals surface area contributed by atoms with Crippen molar-refractivity contribution < 1.29 is 9.90 Å². The van der Waals surface area contributed by atoms with Crippen molar-refractivity contribution in [3.63, 3.8) is 0 Å². The maximum absolute atomic E-state index is 12.4. The fraction of sp³-hybridized carbons (Fsp3) is 0.500. The van der Waals surface area contributed by atoms with Gasteiger partial charge in [0.15, 0.2) is 0 Å². The molecule has 2 aromatic heterocycles. The number of aryl methyl sites for hydroxylation is 1. The maximum atomic E-state index is 12.4. The van der Waals surface area contributed by atoms with Crippen molar-refractivity contribution in [1.82, 2.24) is 24.9 Å². The summed E-state index contributed by atoms with van der Waals surface area (Å²) in [5.74, 6) is -0.104. The number of nitrogens with zero attached hydrogens (tertiary/aromatic N) is 4. The van der Waals surface area contributed by atoms with Crippen molar-refractivity contribution >= 4 is 5.91 Å². The fourth-order valence-electron chi connectivity index (χ4n) is 3.27. The highest BCUT2D eigenvalue weighted by Crippen LogP contribution is 2.32. The Bertz CT molecular complexity index is 663. The Labute approximate surface area is 121 Å². The first-order valence-corrected chi connectivity index (χ1v) is 7.27. The largest absolute Gasteiger partial charge is 0.391 e. The summed E-state index contributed by atoms with van der Waals surface area (Å²) in [5, 5.41) is 21.3. The molecule has 4 rings (SSSR count). The normalized spacial score (nSPS) is 27.2. The van der Waals surface area contributed by atoms with Crippen LogP contribution in [0.1, 0.15) is 34.9 Å². The first-order chi connectivity index (χ1) is 10.2. The molecule has 0 aromatic carbocycles. The molecule has 1 aliphatic heterocycles. The van der Waals surface area contributed by atoms with Crippen molar-refractivity contribution in [2.75, 3.05) is 0 Å². The Morgan fingerprint density at radius 2 is 2.33 bits per heavy atom. The van der Waals surface area contributed by atoms with E-state index in [1.165, 1.54) is 0 Å². The van der Waals surface area contributed by atoms with Crippen LogP contribution in [0.25, 0.3) is 0 Å². The van der Waals surface area contributed by atoms with Crippen LogP contribution in [0.15, 0.2) is 24.7 Å². The van der Waals surface area contributed by atoms with Gasteiger partial charge in [0.25, 0.3) is 5.91 Å². The molecule has 0 unspecified atom stereocenters. The van der Waals surface area contributed by atoms with Crippen LogP contribution in [0.3, 0.4) is 0 Å². The fourth-order valence-corrected chi connectivity index (χ4v) is 3.27. The Kier molecular flexibility index (Phi) is 2.81. The number of carbonyl (C=O) groups excluding carboxylic acids is 1. The number of aliphatic hydroxyl groups excluding tert-OH is 1. The molecular formula is C14H17N5O2. The van der Waals surface area contributed by atoms with Gasteiger partial charge in [-0.15, -0.1) is 0 Å². The van der Waals surface area contributed by atoms with Crippen molar-refractivity contribution in [2.24, 2.45) is 0 Å². The van der Waals surface area contributed by atoms with E-state index in [2.05, 4.69) is 15.5 Å². The van der Waals surface area contributed by atoms with Gasteiger partial charge in [0, 0.05) is 18.9 Å². The van der Waals surface area contributed by atoms with Gasteiger partial charge in [0.1, 0.15) is 0 Å². The summed E-state index contributed by atoms with van der Waals surface area (Å²) in [7, 11) is 0. The average Bonchev–Trinajstić information content (AvgIpc) is 3.14. The van der Waals surface area contributed by atoms with Crippen LogP contribution in [0, 0.1) is 0 Å². The van der Waals surface area contributed by atoms with Gasteiger partial charge in [0.2, 0.25) is 0 Å². The molecule has 1 saturated carbocycles. The summed E-state index contributed by atoms with van der Waals surface area (Å²) in [4.78, 5) is 12.4. The van der Waals surface area contributed by atoms with Crippen LogP contribution in [0.2, 0.25) is 0 Å². The smallest absolute Gasteiger partial charge is 0.255 e. The van der Waals surface area contributed by atoms with Gasteiger partial charge in [-0.1, -0.05) is 0 Å². The molecule has 7 heteroatoms. The van der Waals surface area contributed by atoms with Gasteiger partial charge in [-0.05, 0) is 25.3 Å². The molecular weight excluding hydrogens is 270 g/mol. The van der Waals surface area contributed by atoms with Gasteiger partial charge >= 0.3 is 0 Å². The van der Waals surface area contributed by atoms with E-state index < -0.39 is 6.10 Å². The predicted octanol–water partition coefficient (Wildman–Crippen LogP) is 0.130. The second kappa shape index (κ2) is 4.70. The molecule has 1 amide bonds. The third-order valence-corrected chi connectivity index (χ3v) is 4.43. The molecule has 21 heavy (non-hydrogen) atoms. The number of aliphatic hydroxyl groups is 1. The molecule has 0 bridgehead atoms. The predicted molar refractivity (Wildman–Crippen MR) is 73.7 cm³/mol. The summed E-state index contributed by atoms with van der Waals surface area (Å²) in [6, 6.07) is 1.53. The van der Waals surface area contributed by atoms with E-state index in [0.717, 1.165) is 25.1 Å². The Morgan fingerprint density at radius 3 is 3.10 bits per heavy atom. The molecule has 3 heterocycles. The van der Waals surface area contributed by atoms with Crippen LogP contribution in [-0.4, -0.2) is 42.7 Å². The molecule has 0 radical (unpaired) electrons. The number of fused-ring (bicyclic) bond motifs is 1. The summed E-state index contributed by atoms with van der Waals surface area (Å²) in [6.07, 6.45) is 7.16. The van der Waals surface area contributed by atoms with Crippen molar-refractivity contribution in [3.8, 4) is 0 Å². The number of rotatable bonds is 3. The lowest BCUT2D eigenvalue weighted by Crippen LogP contribution is -2.56. The quantitative estimate of drug-likeness (QED) is 0.840. The monoisotopic (exact) mass is 287 g/mol. The molecule has 1 fully saturated rings. The highest BCUT2D eigenvalue weighted by atomic mass is 16.3. The lowest BCUT2D eigenvalue weighted by molar-refractivity contribution is -0.00589. The first-order valence-electron chi connectivity index (χ1n) is 7.27. The van der Waals surface area contributed by atoms with Crippen LogP contribution >= 0.6 is 0 Å². The Hall–Kier alpha value is -2.15. The van der Waals surface area contributed by atoms with E-state index in [4.69, 9.17) is 0 Å². The highest BCUT2D eigenvalue weighted by Gasteiger charge is 2.43. The average molecular weight is 287 g/mol. The number of hydrogen-bond acceptors (Lipinski definition) is 4. The second-order valence-electron chi connectivity index (χ2n) is 5.69. The van der Waals surface area contributed by atoms with E-state index in [9.17, 15) is 9.90 Å². The Balaban J connectivity index is 1.50. The van der Waals surface area contributed by atoms with E-state index in [1.54, 1.807) is 17.1 Å². The molecule has 3 atom stereocenters. The van der Waals surface area contributed by atoms with Crippen LogP contribution < -0.4 is 5.32 Å². The van der Waals surface area contributed by atoms with Crippen LogP contribution in [0.5, 0.6) is 0 Å². The maximum Gasteiger partial charge on any atom is 0.255 e. The van der Waals surface area contributed by atoms with Crippen molar-refractivity contribution in [2.45, 2.75) is 44.0 Å². The highest BCUT2D eigenvalue weighted by molar-refractivity contribution is 5.95. The van der Waals surface area contributed by atoms with E-state index >= 15 is 0 Å². The van der Waals surface area contributed by atoms with Crippen LogP contribution in [-0.2, 0) is 13.0 Å².